The molecule has 0 spiro atoms. The van der Waals surface area contributed by atoms with E-state index < -0.39 is 6.16 Å². The van der Waals surface area contributed by atoms with E-state index in [-0.39, 0.29) is 6.10 Å². The maximum atomic E-state index is 12.6. The van der Waals surface area contributed by atoms with Gasteiger partial charge < -0.3 is 9.47 Å². The molecule has 0 radical (unpaired) electrons. The number of hydrogen-bond donors (Lipinski definition) is 0. The van der Waals surface area contributed by atoms with Crippen molar-refractivity contribution < 1.29 is 14.3 Å². The summed E-state index contributed by atoms with van der Waals surface area (Å²) in [4.78, 5) is 12.6. The van der Waals surface area contributed by atoms with Crippen LogP contribution in [0.2, 0.25) is 0 Å². The van der Waals surface area contributed by atoms with Crippen molar-refractivity contribution in [3.05, 3.63) is 23.8 Å². The van der Waals surface area contributed by atoms with Crippen LogP contribution in [0, 0.1) is 46.3 Å². The highest BCUT2D eigenvalue weighted by Crippen LogP contribution is 2.67. The van der Waals surface area contributed by atoms with Crippen LogP contribution in [-0.4, -0.2) is 18.9 Å². The molecule has 0 N–H and O–H groups in total. The molecule has 4 aliphatic carbocycles. The van der Waals surface area contributed by atoms with Crippen molar-refractivity contribution >= 4 is 6.16 Å². The molecule has 4 rings (SSSR count). The van der Waals surface area contributed by atoms with Crippen molar-refractivity contribution in [3.63, 3.8) is 0 Å². The van der Waals surface area contributed by atoms with Crippen molar-refractivity contribution in [1.82, 2.24) is 0 Å². The summed E-state index contributed by atoms with van der Waals surface area (Å²) in [6.07, 6.45) is 39.2. The lowest BCUT2D eigenvalue weighted by atomic mass is 9.47. The molecular formula is C46H80O3. The number of rotatable bonds is 22. The summed E-state index contributed by atoms with van der Waals surface area (Å²) >= 11 is 0. The lowest BCUT2D eigenvalue weighted by molar-refractivity contribution is -0.0617. The molecule has 8 atom stereocenters. The number of ether oxygens (including phenoxy) is 2. The first-order chi connectivity index (χ1) is 23.7. The van der Waals surface area contributed by atoms with E-state index in [0.29, 0.717) is 17.4 Å². The predicted molar refractivity (Wildman–Crippen MR) is 209 cm³/mol. The van der Waals surface area contributed by atoms with E-state index in [1.807, 2.05) is 0 Å². The molecule has 282 valence electrons. The Morgan fingerprint density at radius 1 is 0.796 bits per heavy atom. The van der Waals surface area contributed by atoms with Crippen LogP contribution in [0.3, 0.4) is 0 Å². The molecule has 3 saturated carbocycles. The molecule has 0 saturated heterocycles. The van der Waals surface area contributed by atoms with Gasteiger partial charge in [0.1, 0.15) is 6.10 Å². The summed E-state index contributed by atoms with van der Waals surface area (Å²) in [6, 6.07) is 0. The average molecular weight is 681 g/mol. The molecule has 3 nitrogen and oxygen atoms in total. The minimum Gasteiger partial charge on any atom is -0.434 e. The second-order valence-corrected chi connectivity index (χ2v) is 18.3. The average Bonchev–Trinajstić information content (AvgIpc) is 3.43. The highest BCUT2D eigenvalue weighted by molar-refractivity contribution is 5.60. The Morgan fingerprint density at radius 3 is 2.16 bits per heavy atom. The third kappa shape index (κ3) is 11.6. The number of unbranched alkanes of at least 4 members (excludes halogenated alkanes) is 12. The molecule has 0 aromatic rings. The Labute approximate surface area is 304 Å². The number of allylic oxidation sites excluding steroid dienone is 3. The van der Waals surface area contributed by atoms with Crippen molar-refractivity contribution in [2.75, 3.05) is 6.61 Å². The second kappa shape index (κ2) is 20.7. The molecule has 3 heteroatoms. The lowest BCUT2D eigenvalue weighted by Gasteiger charge is -2.58. The maximum Gasteiger partial charge on any atom is 0.508 e. The third-order valence-electron chi connectivity index (χ3n) is 14.4. The fourth-order valence-corrected chi connectivity index (χ4v) is 11.4. The van der Waals surface area contributed by atoms with Crippen LogP contribution in [0.1, 0.15) is 202 Å². The van der Waals surface area contributed by atoms with Gasteiger partial charge in [-0.15, -0.1) is 0 Å². The summed E-state index contributed by atoms with van der Waals surface area (Å²) in [7, 11) is 0. The number of fused-ring (bicyclic) bond motifs is 5. The molecule has 0 aromatic heterocycles. The Bertz CT molecular complexity index is 1010. The van der Waals surface area contributed by atoms with Gasteiger partial charge in [-0.25, -0.2) is 4.79 Å². The standard InChI is InChI=1S/C46H80O3/c1-7-8-9-10-11-12-13-14-15-16-17-18-19-20-21-22-34-48-44(47)49-39-30-32-45(5)38(35-39)26-27-40-42-29-28-41(37(4)25-23-24-36(2)3)46(42,6)33-31-43(40)45/h14-15,26,36-37,39-43H,7-13,16-25,27-35H2,1-6H3/b15-14+/t37-,39+,40-,41+,42-,43-,45+,46+/m1/s1. The van der Waals surface area contributed by atoms with Gasteiger partial charge in [-0.3, -0.25) is 0 Å². The summed E-state index contributed by atoms with van der Waals surface area (Å²) in [5.41, 5.74) is 2.42. The number of carbonyl (C=O) groups is 1. The Hall–Kier alpha value is -1.25. The number of hydrogen-bond acceptors (Lipinski definition) is 3. The normalized spacial score (nSPS) is 31.7. The second-order valence-electron chi connectivity index (χ2n) is 18.3. The van der Waals surface area contributed by atoms with Gasteiger partial charge in [0.25, 0.3) is 0 Å². The first-order valence-electron chi connectivity index (χ1n) is 21.9. The van der Waals surface area contributed by atoms with Crippen LogP contribution in [0.5, 0.6) is 0 Å². The van der Waals surface area contributed by atoms with Crippen LogP contribution in [0.15, 0.2) is 23.8 Å². The fourth-order valence-electron chi connectivity index (χ4n) is 11.4. The topological polar surface area (TPSA) is 35.5 Å². The summed E-state index contributed by atoms with van der Waals surface area (Å²) in [6.45, 7) is 15.4. The third-order valence-corrected chi connectivity index (χ3v) is 14.4. The highest BCUT2D eigenvalue weighted by atomic mass is 16.7. The Balaban J connectivity index is 1.08. The Morgan fingerprint density at radius 2 is 1.47 bits per heavy atom. The van der Waals surface area contributed by atoms with Gasteiger partial charge in [-0.1, -0.05) is 142 Å². The van der Waals surface area contributed by atoms with E-state index in [4.69, 9.17) is 9.47 Å². The highest BCUT2D eigenvalue weighted by Gasteiger charge is 2.59. The van der Waals surface area contributed by atoms with Gasteiger partial charge in [0.05, 0.1) is 6.61 Å². The van der Waals surface area contributed by atoms with E-state index in [9.17, 15) is 4.79 Å². The fraction of sp³-hybridized carbons (Fsp3) is 0.891. The molecule has 0 heterocycles. The van der Waals surface area contributed by atoms with E-state index >= 15 is 0 Å². The van der Waals surface area contributed by atoms with E-state index in [0.717, 1.165) is 67.6 Å². The molecule has 0 aliphatic heterocycles. The quantitative estimate of drug-likeness (QED) is 0.0648. The summed E-state index contributed by atoms with van der Waals surface area (Å²) < 4.78 is 11.5. The molecular weight excluding hydrogens is 601 g/mol. The first kappa shape index (κ1) is 40.5. The summed E-state index contributed by atoms with van der Waals surface area (Å²) in [5.74, 6) is 5.15. The van der Waals surface area contributed by atoms with Gasteiger partial charge >= 0.3 is 6.16 Å². The van der Waals surface area contributed by atoms with Crippen molar-refractivity contribution in [1.29, 1.82) is 0 Å². The molecule has 49 heavy (non-hydrogen) atoms. The number of carbonyl (C=O) groups excluding carboxylic acids is 1. The zero-order chi connectivity index (χ0) is 35.1. The van der Waals surface area contributed by atoms with Gasteiger partial charge in [0.2, 0.25) is 0 Å². The predicted octanol–water partition coefficient (Wildman–Crippen LogP) is 14.6. The minimum absolute atomic E-state index is 0.0142. The molecule has 0 bridgehead atoms. The Kier molecular flexibility index (Phi) is 17.1. The van der Waals surface area contributed by atoms with Crippen molar-refractivity contribution in [2.45, 2.75) is 208 Å². The van der Waals surface area contributed by atoms with Gasteiger partial charge in [0, 0.05) is 6.42 Å². The first-order valence-corrected chi connectivity index (χ1v) is 21.9. The summed E-state index contributed by atoms with van der Waals surface area (Å²) in [5, 5.41) is 0. The van der Waals surface area contributed by atoms with Crippen LogP contribution < -0.4 is 0 Å². The van der Waals surface area contributed by atoms with E-state index in [2.05, 4.69) is 59.8 Å². The monoisotopic (exact) mass is 681 g/mol. The molecule has 4 aliphatic rings. The molecule has 0 unspecified atom stereocenters. The zero-order valence-electron chi connectivity index (χ0n) is 33.4. The van der Waals surface area contributed by atoms with E-state index in [1.54, 1.807) is 5.57 Å². The molecule has 0 amide bonds. The SMILES string of the molecule is CCCCCCCC/C=C/CCCCCCCCOC(=O)O[C@H]1CC[C@@]2(C)C(=CC[C@@H]3[C@H]4CC[C@@H]([C@H](C)CCCC(C)C)[C@]4(C)CC[C@H]32)C1. The molecule has 0 aromatic carbocycles. The van der Waals surface area contributed by atoms with Crippen molar-refractivity contribution in [3.8, 4) is 0 Å². The lowest BCUT2D eigenvalue weighted by Crippen LogP contribution is -2.51. The van der Waals surface area contributed by atoms with E-state index in [1.165, 1.54) is 128 Å². The molecule has 3 fully saturated rings. The van der Waals surface area contributed by atoms with Gasteiger partial charge in [0.15, 0.2) is 0 Å². The van der Waals surface area contributed by atoms with Gasteiger partial charge in [-0.05, 0) is 123 Å². The largest absolute Gasteiger partial charge is 0.508 e. The zero-order valence-corrected chi connectivity index (χ0v) is 33.4. The van der Waals surface area contributed by atoms with Crippen LogP contribution in [0.4, 0.5) is 4.79 Å². The van der Waals surface area contributed by atoms with Crippen LogP contribution in [-0.2, 0) is 9.47 Å². The van der Waals surface area contributed by atoms with Crippen LogP contribution in [0.25, 0.3) is 0 Å². The smallest absolute Gasteiger partial charge is 0.434 e. The minimum atomic E-state index is -0.441. The van der Waals surface area contributed by atoms with Crippen LogP contribution >= 0.6 is 0 Å². The van der Waals surface area contributed by atoms with Gasteiger partial charge in [-0.2, -0.15) is 0 Å². The maximum absolute atomic E-state index is 12.6. The van der Waals surface area contributed by atoms with Crippen molar-refractivity contribution in [2.24, 2.45) is 46.3 Å².